The van der Waals surface area contributed by atoms with Crippen LogP contribution in [0.1, 0.15) is 23.7 Å². The highest BCUT2D eigenvalue weighted by molar-refractivity contribution is 7.91. The molecule has 1 aromatic heterocycles. The Hall–Kier alpha value is -2.12. The maximum atomic E-state index is 12.2. The molecule has 0 spiro atoms. The second-order valence-corrected chi connectivity index (χ2v) is 8.88. The van der Waals surface area contributed by atoms with E-state index < -0.39 is 9.84 Å². The Morgan fingerprint density at radius 1 is 1.35 bits per heavy atom. The molecule has 6 nitrogen and oxygen atoms in total. The number of pyridine rings is 1. The van der Waals surface area contributed by atoms with Gasteiger partial charge in [0.25, 0.3) is 5.91 Å². The first-order chi connectivity index (χ1) is 12.4. The van der Waals surface area contributed by atoms with Crippen LogP contribution in [0.15, 0.2) is 42.6 Å². The highest BCUT2D eigenvalue weighted by Gasteiger charge is 2.32. The van der Waals surface area contributed by atoms with Gasteiger partial charge in [0.1, 0.15) is 5.82 Å². The van der Waals surface area contributed by atoms with Crippen molar-refractivity contribution in [1.82, 2.24) is 4.98 Å². The number of aromatic nitrogens is 1. The number of nitrogens with zero attached hydrogens (tertiary/aromatic N) is 2. The normalized spacial score (nSPS) is 18.5. The quantitative estimate of drug-likeness (QED) is 0.844. The summed E-state index contributed by atoms with van der Waals surface area (Å²) in [5.41, 5.74) is 1.03. The highest BCUT2D eigenvalue weighted by Crippen LogP contribution is 2.23. The third-order valence-corrected chi connectivity index (χ3v) is 6.36. The van der Waals surface area contributed by atoms with Gasteiger partial charge in [0.2, 0.25) is 0 Å². The van der Waals surface area contributed by atoms with Crippen LogP contribution in [-0.4, -0.2) is 43.4 Å². The maximum Gasteiger partial charge on any atom is 0.255 e. The smallest absolute Gasteiger partial charge is 0.255 e. The van der Waals surface area contributed by atoms with Gasteiger partial charge in [-0.25, -0.2) is 13.4 Å². The molecule has 0 aliphatic carbocycles. The molecular weight excluding hydrogens is 374 g/mol. The first-order valence-electron chi connectivity index (χ1n) is 8.38. The molecule has 0 bridgehead atoms. The summed E-state index contributed by atoms with van der Waals surface area (Å²) >= 11 is 5.91. The lowest BCUT2D eigenvalue weighted by Gasteiger charge is -2.28. The number of rotatable bonds is 5. The molecule has 1 unspecified atom stereocenters. The van der Waals surface area contributed by atoms with E-state index in [1.54, 1.807) is 42.6 Å². The summed E-state index contributed by atoms with van der Waals surface area (Å²) in [6, 6.07) is 10.2. The van der Waals surface area contributed by atoms with Crippen LogP contribution in [-0.2, 0) is 9.84 Å². The van der Waals surface area contributed by atoms with Crippen molar-refractivity contribution in [2.75, 3.05) is 28.3 Å². The molecule has 1 aromatic carbocycles. The van der Waals surface area contributed by atoms with E-state index in [9.17, 15) is 13.2 Å². The molecule has 2 heterocycles. The summed E-state index contributed by atoms with van der Waals surface area (Å²) in [6.07, 6.45) is 2.19. The van der Waals surface area contributed by atoms with Gasteiger partial charge in [-0.1, -0.05) is 17.7 Å². The lowest BCUT2D eigenvalue weighted by atomic mass is 10.2. The van der Waals surface area contributed by atoms with Crippen molar-refractivity contribution in [3.05, 3.63) is 53.2 Å². The molecule has 1 atom stereocenters. The van der Waals surface area contributed by atoms with Crippen molar-refractivity contribution in [2.45, 2.75) is 19.4 Å². The molecule has 1 aliphatic heterocycles. The molecule has 8 heteroatoms. The number of nitrogens with one attached hydrogen (secondary N) is 1. The van der Waals surface area contributed by atoms with E-state index in [4.69, 9.17) is 11.6 Å². The van der Waals surface area contributed by atoms with Crippen LogP contribution in [0.4, 0.5) is 11.5 Å². The lowest BCUT2D eigenvalue weighted by Crippen LogP contribution is -2.36. The van der Waals surface area contributed by atoms with Crippen molar-refractivity contribution in [3.63, 3.8) is 0 Å². The number of hydrogen-bond acceptors (Lipinski definition) is 5. The Labute approximate surface area is 158 Å². The van der Waals surface area contributed by atoms with Crippen LogP contribution in [0.5, 0.6) is 0 Å². The van der Waals surface area contributed by atoms with Gasteiger partial charge in [-0.2, -0.15) is 0 Å². The van der Waals surface area contributed by atoms with Gasteiger partial charge in [-0.3, -0.25) is 4.79 Å². The largest absolute Gasteiger partial charge is 0.353 e. The molecule has 138 valence electrons. The minimum atomic E-state index is -2.95. The van der Waals surface area contributed by atoms with E-state index in [0.29, 0.717) is 35.1 Å². The number of hydrogen-bond donors (Lipinski definition) is 1. The average molecular weight is 394 g/mol. The van der Waals surface area contributed by atoms with Gasteiger partial charge in [-0.15, -0.1) is 0 Å². The van der Waals surface area contributed by atoms with Gasteiger partial charge < -0.3 is 10.2 Å². The predicted molar refractivity (Wildman–Crippen MR) is 104 cm³/mol. The van der Waals surface area contributed by atoms with Gasteiger partial charge >= 0.3 is 0 Å². The summed E-state index contributed by atoms with van der Waals surface area (Å²) in [7, 11) is -2.95. The molecule has 0 radical (unpaired) electrons. The SMILES string of the molecule is CCN(c1ccc(NC(=O)c2cccc(Cl)c2)cn1)C1CCS(=O)(=O)C1. The van der Waals surface area contributed by atoms with Gasteiger partial charge in [-0.05, 0) is 43.7 Å². The topological polar surface area (TPSA) is 79.4 Å². The molecule has 1 N–H and O–H groups in total. The second-order valence-electron chi connectivity index (χ2n) is 6.21. The number of carbonyl (C=O) groups is 1. The minimum absolute atomic E-state index is 0.0515. The first-order valence-corrected chi connectivity index (χ1v) is 10.6. The zero-order valence-corrected chi connectivity index (χ0v) is 15.9. The van der Waals surface area contributed by atoms with Crippen LogP contribution in [0, 0.1) is 0 Å². The summed E-state index contributed by atoms with van der Waals surface area (Å²) in [5, 5.41) is 3.27. The Morgan fingerprint density at radius 3 is 2.73 bits per heavy atom. The molecule has 2 aromatic rings. The predicted octanol–water partition coefficient (Wildman–Crippen LogP) is 3.00. The van der Waals surface area contributed by atoms with Crippen molar-refractivity contribution in [3.8, 4) is 0 Å². The van der Waals surface area contributed by atoms with Crippen LogP contribution < -0.4 is 10.2 Å². The molecule has 26 heavy (non-hydrogen) atoms. The highest BCUT2D eigenvalue weighted by atomic mass is 35.5. The van der Waals surface area contributed by atoms with E-state index in [1.807, 2.05) is 11.8 Å². The van der Waals surface area contributed by atoms with Crippen LogP contribution in [0.2, 0.25) is 5.02 Å². The molecule has 1 saturated heterocycles. The van der Waals surface area contributed by atoms with Gasteiger partial charge in [0.05, 0.1) is 23.4 Å². The van der Waals surface area contributed by atoms with Crippen LogP contribution in [0.3, 0.4) is 0 Å². The van der Waals surface area contributed by atoms with Crippen molar-refractivity contribution < 1.29 is 13.2 Å². The van der Waals surface area contributed by atoms with E-state index in [0.717, 1.165) is 0 Å². The molecule has 1 fully saturated rings. The van der Waals surface area contributed by atoms with E-state index in [2.05, 4.69) is 10.3 Å². The zero-order valence-electron chi connectivity index (χ0n) is 14.4. The third kappa shape index (κ3) is 4.34. The molecular formula is C18H20ClN3O3S. The Morgan fingerprint density at radius 2 is 2.15 bits per heavy atom. The van der Waals surface area contributed by atoms with Crippen LogP contribution >= 0.6 is 11.6 Å². The number of carbonyl (C=O) groups excluding carboxylic acids is 1. The average Bonchev–Trinajstić information content (AvgIpc) is 2.96. The minimum Gasteiger partial charge on any atom is -0.353 e. The molecule has 1 amide bonds. The van der Waals surface area contributed by atoms with Crippen LogP contribution in [0.25, 0.3) is 0 Å². The zero-order chi connectivity index (χ0) is 18.7. The first kappa shape index (κ1) is 18.7. The second kappa shape index (κ2) is 7.63. The number of benzene rings is 1. The maximum absolute atomic E-state index is 12.2. The van der Waals surface area contributed by atoms with Crippen molar-refractivity contribution in [1.29, 1.82) is 0 Å². The van der Waals surface area contributed by atoms with Gasteiger partial charge in [0, 0.05) is 23.2 Å². The molecule has 0 saturated carbocycles. The number of halogens is 1. The number of anilines is 2. The fourth-order valence-electron chi connectivity index (χ4n) is 3.09. The van der Waals surface area contributed by atoms with E-state index in [1.165, 1.54) is 0 Å². The fraction of sp³-hybridized carbons (Fsp3) is 0.333. The fourth-order valence-corrected chi connectivity index (χ4v) is 5.01. The third-order valence-electron chi connectivity index (χ3n) is 4.38. The Balaban J connectivity index is 1.70. The summed E-state index contributed by atoms with van der Waals surface area (Å²) in [5.74, 6) is 0.823. The lowest BCUT2D eigenvalue weighted by molar-refractivity contribution is 0.102. The monoisotopic (exact) mass is 393 g/mol. The Bertz CT molecular complexity index is 900. The van der Waals surface area contributed by atoms with Crippen molar-refractivity contribution >= 4 is 38.9 Å². The summed E-state index contributed by atoms with van der Waals surface area (Å²) in [4.78, 5) is 18.6. The summed E-state index contributed by atoms with van der Waals surface area (Å²) in [6.45, 7) is 2.64. The van der Waals surface area contributed by atoms with Crippen molar-refractivity contribution in [2.24, 2.45) is 0 Å². The Kier molecular flexibility index (Phi) is 5.48. The molecule has 1 aliphatic rings. The standard InChI is InChI=1S/C18H20ClN3O3S/c1-2-22(16-8-9-26(24,25)12-16)17-7-6-15(11-20-17)21-18(23)13-4-3-5-14(19)10-13/h3-7,10-11,16H,2,8-9,12H2,1H3,(H,21,23). The van der Waals surface area contributed by atoms with E-state index >= 15 is 0 Å². The molecule has 3 rings (SSSR count). The summed E-state index contributed by atoms with van der Waals surface area (Å²) < 4.78 is 23.4. The van der Waals surface area contributed by atoms with Gasteiger partial charge in [0.15, 0.2) is 9.84 Å². The van der Waals surface area contributed by atoms with E-state index in [-0.39, 0.29) is 23.5 Å². The number of amides is 1. The number of sulfone groups is 1.